The molecule has 1 aromatic heterocycles. The molecule has 2 atom stereocenters. The summed E-state index contributed by atoms with van der Waals surface area (Å²) in [7, 11) is 0. The van der Waals surface area contributed by atoms with E-state index in [1.165, 1.54) is 0 Å². The Morgan fingerprint density at radius 1 is 1.39 bits per heavy atom. The third-order valence-corrected chi connectivity index (χ3v) is 4.19. The highest BCUT2D eigenvalue weighted by Crippen LogP contribution is 2.16. The average Bonchev–Trinajstić information content (AvgIpc) is 2.54. The van der Waals surface area contributed by atoms with Crippen LogP contribution in [0.5, 0.6) is 0 Å². The SMILES string of the molecule is CCN(CC)c1ccc(CNC(=O)[C@@H]2C[C@H](C)CC(=O)N2)cn1. The Morgan fingerprint density at radius 2 is 2.13 bits per heavy atom. The quantitative estimate of drug-likeness (QED) is 0.833. The lowest BCUT2D eigenvalue weighted by molar-refractivity contribution is -0.132. The molecule has 0 spiro atoms. The molecule has 0 bridgehead atoms. The van der Waals surface area contributed by atoms with Crippen LogP contribution in [-0.4, -0.2) is 35.9 Å². The van der Waals surface area contributed by atoms with Crippen LogP contribution in [0.25, 0.3) is 0 Å². The van der Waals surface area contributed by atoms with Crippen molar-refractivity contribution in [1.82, 2.24) is 15.6 Å². The molecule has 1 saturated heterocycles. The highest BCUT2D eigenvalue weighted by atomic mass is 16.2. The van der Waals surface area contributed by atoms with Crippen LogP contribution in [0.15, 0.2) is 18.3 Å². The summed E-state index contributed by atoms with van der Waals surface area (Å²) in [5, 5.41) is 5.63. The number of hydrogen-bond acceptors (Lipinski definition) is 4. The number of pyridine rings is 1. The summed E-state index contributed by atoms with van der Waals surface area (Å²) < 4.78 is 0. The first-order valence-corrected chi connectivity index (χ1v) is 8.30. The molecule has 126 valence electrons. The molecule has 23 heavy (non-hydrogen) atoms. The molecule has 2 heterocycles. The normalized spacial score (nSPS) is 20.7. The molecule has 6 heteroatoms. The van der Waals surface area contributed by atoms with Gasteiger partial charge in [-0.3, -0.25) is 9.59 Å². The second-order valence-electron chi connectivity index (χ2n) is 6.08. The summed E-state index contributed by atoms with van der Waals surface area (Å²) in [6, 6.07) is 3.52. The smallest absolute Gasteiger partial charge is 0.242 e. The molecule has 0 unspecified atom stereocenters. The molecule has 0 saturated carbocycles. The van der Waals surface area contributed by atoms with E-state index < -0.39 is 6.04 Å². The van der Waals surface area contributed by atoms with Crippen molar-refractivity contribution in [2.75, 3.05) is 18.0 Å². The lowest BCUT2D eigenvalue weighted by Gasteiger charge is -2.26. The minimum Gasteiger partial charge on any atom is -0.357 e. The molecule has 2 rings (SSSR count). The van der Waals surface area contributed by atoms with Crippen molar-refractivity contribution in [1.29, 1.82) is 0 Å². The van der Waals surface area contributed by atoms with Gasteiger partial charge in [0.15, 0.2) is 0 Å². The van der Waals surface area contributed by atoms with Gasteiger partial charge in [0.1, 0.15) is 11.9 Å². The van der Waals surface area contributed by atoms with Crippen LogP contribution in [0, 0.1) is 5.92 Å². The maximum atomic E-state index is 12.2. The van der Waals surface area contributed by atoms with E-state index in [-0.39, 0.29) is 17.7 Å². The van der Waals surface area contributed by atoms with Crippen molar-refractivity contribution < 1.29 is 9.59 Å². The number of aromatic nitrogens is 1. The summed E-state index contributed by atoms with van der Waals surface area (Å²) in [4.78, 5) is 30.3. The van der Waals surface area contributed by atoms with E-state index in [9.17, 15) is 9.59 Å². The summed E-state index contributed by atoms with van der Waals surface area (Å²) in [6.07, 6.45) is 2.98. The van der Waals surface area contributed by atoms with Gasteiger partial charge >= 0.3 is 0 Å². The van der Waals surface area contributed by atoms with Gasteiger partial charge in [-0.2, -0.15) is 0 Å². The standard InChI is InChI=1S/C17H26N4O2/c1-4-21(5-2)15-7-6-13(10-18-15)11-19-17(23)14-8-12(3)9-16(22)20-14/h6-7,10,12,14H,4-5,8-9,11H2,1-3H3,(H,19,23)(H,20,22)/t12-,14-/m0/s1. The van der Waals surface area contributed by atoms with Crippen molar-refractivity contribution in [3.63, 3.8) is 0 Å². The van der Waals surface area contributed by atoms with Gasteiger partial charge in [0.25, 0.3) is 0 Å². The van der Waals surface area contributed by atoms with Gasteiger partial charge in [0.05, 0.1) is 0 Å². The van der Waals surface area contributed by atoms with Gasteiger partial charge < -0.3 is 15.5 Å². The lowest BCUT2D eigenvalue weighted by Crippen LogP contribution is -2.50. The number of carbonyl (C=O) groups excluding carboxylic acids is 2. The number of rotatable bonds is 6. The van der Waals surface area contributed by atoms with Crippen LogP contribution >= 0.6 is 0 Å². The average molecular weight is 318 g/mol. The summed E-state index contributed by atoms with van der Waals surface area (Å²) in [5.74, 6) is 1.01. The molecular weight excluding hydrogens is 292 g/mol. The summed E-state index contributed by atoms with van der Waals surface area (Å²) in [5.41, 5.74) is 0.949. The Kier molecular flexibility index (Phi) is 5.96. The second-order valence-corrected chi connectivity index (χ2v) is 6.08. The molecule has 2 amide bonds. The van der Waals surface area contributed by atoms with Crippen molar-refractivity contribution in [3.05, 3.63) is 23.9 Å². The van der Waals surface area contributed by atoms with Crippen molar-refractivity contribution >= 4 is 17.6 Å². The van der Waals surface area contributed by atoms with Gasteiger partial charge in [-0.05, 0) is 37.8 Å². The number of nitrogens with zero attached hydrogens (tertiary/aromatic N) is 2. The fourth-order valence-corrected chi connectivity index (χ4v) is 2.86. The Labute approximate surface area is 137 Å². The number of nitrogens with one attached hydrogen (secondary N) is 2. The largest absolute Gasteiger partial charge is 0.357 e. The predicted octanol–water partition coefficient (Wildman–Crippen LogP) is 1.46. The number of hydrogen-bond donors (Lipinski definition) is 2. The molecular formula is C17H26N4O2. The number of anilines is 1. The van der Waals surface area contributed by atoms with Crippen LogP contribution in [-0.2, 0) is 16.1 Å². The second kappa shape index (κ2) is 7.94. The number of piperidine rings is 1. The Hall–Kier alpha value is -2.11. The zero-order chi connectivity index (χ0) is 16.8. The van der Waals surface area contributed by atoms with Crippen molar-refractivity contribution in [3.8, 4) is 0 Å². The van der Waals surface area contributed by atoms with Crippen LogP contribution in [0.3, 0.4) is 0 Å². The van der Waals surface area contributed by atoms with E-state index in [2.05, 4.69) is 34.4 Å². The number of carbonyl (C=O) groups is 2. The topological polar surface area (TPSA) is 74.3 Å². The summed E-state index contributed by atoms with van der Waals surface area (Å²) >= 11 is 0. The first-order chi connectivity index (χ1) is 11.0. The predicted molar refractivity (Wildman–Crippen MR) is 90.0 cm³/mol. The minimum absolute atomic E-state index is 0.0471. The monoisotopic (exact) mass is 318 g/mol. The van der Waals surface area contributed by atoms with Crippen LogP contribution in [0.2, 0.25) is 0 Å². The third kappa shape index (κ3) is 4.68. The molecule has 0 aliphatic carbocycles. The van der Waals surface area contributed by atoms with Gasteiger partial charge in [0, 0.05) is 32.3 Å². The Balaban J connectivity index is 1.88. The van der Waals surface area contributed by atoms with Crippen LogP contribution < -0.4 is 15.5 Å². The first-order valence-electron chi connectivity index (χ1n) is 8.30. The highest BCUT2D eigenvalue weighted by molar-refractivity contribution is 5.88. The molecule has 1 fully saturated rings. The molecule has 1 aromatic rings. The van der Waals surface area contributed by atoms with Crippen molar-refractivity contribution in [2.45, 2.75) is 46.2 Å². The Morgan fingerprint density at radius 3 is 2.70 bits per heavy atom. The maximum absolute atomic E-state index is 12.2. The molecule has 2 N–H and O–H groups in total. The van der Waals surface area contributed by atoms with Gasteiger partial charge in [-0.1, -0.05) is 13.0 Å². The zero-order valence-electron chi connectivity index (χ0n) is 14.1. The van der Waals surface area contributed by atoms with Crippen LogP contribution in [0.4, 0.5) is 5.82 Å². The van der Waals surface area contributed by atoms with E-state index in [0.29, 0.717) is 19.4 Å². The molecule has 0 radical (unpaired) electrons. The van der Waals surface area contributed by atoms with Gasteiger partial charge in [0.2, 0.25) is 11.8 Å². The van der Waals surface area contributed by atoms with E-state index in [1.807, 2.05) is 19.1 Å². The van der Waals surface area contributed by atoms with Gasteiger partial charge in [-0.15, -0.1) is 0 Å². The van der Waals surface area contributed by atoms with Crippen LogP contribution in [0.1, 0.15) is 39.2 Å². The fourth-order valence-electron chi connectivity index (χ4n) is 2.86. The maximum Gasteiger partial charge on any atom is 0.242 e. The van der Waals surface area contributed by atoms with E-state index in [1.54, 1.807) is 6.20 Å². The first kappa shape index (κ1) is 17.2. The van der Waals surface area contributed by atoms with E-state index in [4.69, 9.17) is 0 Å². The molecule has 1 aliphatic heterocycles. The zero-order valence-corrected chi connectivity index (χ0v) is 14.1. The third-order valence-electron chi connectivity index (χ3n) is 4.19. The van der Waals surface area contributed by atoms with Gasteiger partial charge in [-0.25, -0.2) is 4.98 Å². The molecule has 1 aliphatic rings. The molecule has 6 nitrogen and oxygen atoms in total. The molecule has 0 aromatic carbocycles. The number of amides is 2. The van der Waals surface area contributed by atoms with E-state index in [0.717, 1.165) is 24.5 Å². The minimum atomic E-state index is -0.422. The lowest BCUT2D eigenvalue weighted by atomic mass is 9.93. The fraction of sp³-hybridized carbons (Fsp3) is 0.588. The highest BCUT2D eigenvalue weighted by Gasteiger charge is 2.28. The summed E-state index contributed by atoms with van der Waals surface area (Å²) in [6.45, 7) is 8.44. The van der Waals surface area contributed by atoms with E-state index >= 15 is 0 Å². The van der Waals surface area contributed by atoms with Crippen molar-refractivity contribution in [2.24, 2.45) is 5.92 Å². The Bertz CT molecular complexity index is 540.